The highest BCUT2D eigenvalue weighted by atomic mass is 16.6. The van der Waals surface area contributed by atoms with Gasteiger partial charge in [-0.1, -0.05) is 72.7 Å². The first-order valence-corrected chi connectivity index (χ1v) is 24.0. The van der Waals surface area contributed by atoms with Crippen LogP contribution in [0.15, 0.2) is 42.1 Å². The van der Waals surface area contributed by atoms with Gasteiger partial charge in [0.25, 0.3) is 0 Å². The van der Waals surface area contributed by atoms with Gasteiger partial charge in [0.05, 0.1) is 23.9 Å². The SMILES string of the molecule is C/C(=C\[C@H](C(C)C)N(C)C(=O)[C@@H](NC(=O)[C@@H](N(C)C(=O)OC(C)(C)C)C(C)(C)c1cn(C)c2ccccc12)C(C)(C)C)C(=O)N[C@@H](CCC(=O)C[C@@H](CCC(=O)O)C(=O)O)C(=O)C[C@@H](CCC(=O)O)C(=O)O. The number of fused-ring (bicyclic) bond motifs is 1. The zero-order chi connectivity index (χ0) is 55.4. The lowest BCUT2D eigenvalue weighted by Crippen LogP contribution is -2.63. The van der Waals surface area contributed by atoms with Crippen molar-refractivity contribution in [3.05, 3.63) is 47.7 Å². The molecule has 72 heavy (non-hydrogen) atoms. The lowest BCUT2D eigenvalue weighted by Gasteiger charge is -2.42. The van der Waals surface area contributed by atoms with E-state index in [0.717, 1.165) is 16.5 Å². The van der Waals surface area contributed by atoms with Crippen LogP contribution < -0.4 is 10.6 Å². The van der Waals surface area contributed by atoms with E-state index in [1.165, 1.54) is 36.9 Å². The molecule has 20 heteroatoms. The second-order valence-corrected chi connectivity index (χ2v) is 21.6. The molecule has 0 unspecified atom stereocenters. The maximum absolute atomic E-state index is 15.0. The van der Waals surface area contributed by atoms with Crippen molar-refractivity contribution >= 4 is 70.2 Å². The average molecular weight is 1010 g/mol. The number of nitrogens with one attached hydrogen (secondary N) is 2. The predicted octanol–water partition coefficient (Wildman–Crippen LogP) is 5.97. The number of aryl methyl sites for hydroxylation is 1. The summed E-state index contributed by atoms with van der Waals surface area (Å²) < 4.78 is 7.67. The zero-order valence-corrected chi connectivity index (χ0v) is 44.3. The Balaban J connectivity index is 2.57. The largest absolute Gasteiger partial charge is 0.481 e. The van der Waals surface area contributed by atoms with Crippen LogP contribution >= 0.6 is 0 Å². The summed E-state index contributed by atoms with van der Waals surface area (Å²) >= 11 is 0. The number of para-hydroxylation sites is 1. The number of carboxylic acid groups (broad SMARTS) is 4. The van der Waals surface area contributed by atoms with Gasteiger partial charge < -0.3 is 45.3 Å². The molecular weight excluding hydrogens is 935 g/mol. The van der Waals surface area contributed by atoms with Gasteiger partial charge in [0.1, 0.15) is 23.5 Å². The number of hydrogen-bond acceptors (Lipinski definition) is 11. The van der Waals surface area contributed by atoms with Crippen molar-refractivity contribution in [2.45, 2.75) is 163 Å². The van der Waals surface area contributed by atoms with Crippen LogP contribution in [0, 0.1) is 23.2 Å². The Bertz CT molecular complexity index is 2370. The number of carbonyl (C=O) groups excluding carboxylic acids is 6. The third-order valence-corrected chi connectivity index (χ3v) is 12.7. The molecule has 2 rings (SSSR count). The van der Waals surface area contributed by atoms with Gasteiger partial charge in [0.2, 0.25) is 17.7 Å². The summed E-state index contributed by atoms with van der Waals surface area (Å²) in [6.45, 7) is 19.1. The Hall–Kier alpha value is -6.60. The monoisotopic (exact) mass is 1010 g/mol. The molecule has 6 N–H and O–H groups in total. The number of amides is 4. The first-order valence-electron chi connectivity index (χ1n) is 24.0. The highest BCUT2D eigenvalue weighted by Crippen LogP contribution is 2.37. The van der Waals surface area contributed by atoms with Gasteiger partial charge in [0, 0.05) is 81.3 Å². The van der Waals surface area contributed by atoms with Gasteiger partial charge in [-0.15, -0.1) is 0 Å². The fourth-order valence-corrected chi connectivity index (χ4v) is 8.61. The molecule has 20 nitrogen and oxygen atoms in total. The number of Topliss-reactive ketones (excluding diaryl/α,β-unsaturated/α-hetero) is 2. The van der Waals surface area contributed by atoms with Crippen LogP contribution in [0.5, 0.6) is 0 Å². The molecule has 0 spiro atoms. The third-order valence-electron chi connectivity index (χ3n) is 12.7. The van der Waals surface area contributed by atoms with Gasteiger partial charge >= 0.3 is 30.0 Å². The van der Waals surface area contributed by atoms with Crippen molar-refractivity contribution in [3.8, 4) is 0 Å². The number of aromatic nitrogens is 1. The molecular formula is C52H77N5O15. The minimum atomic E-state index is -1.50. The Kier molecular flexibility index (Phi) is 21.9. The van der Waals surface area contributed by atoms with E-state index in [-0.39, 0.29) is 17.9 Å². The molecule has 0 saturated heterocycles. The number of carboxylic acids is 4. The first-order chi connectivity index (χ1) is 33.0. The summed E-state index contributed by atoms with van der Waals surface area (Å²) in [7, 11) is 4.86. The summed E-state index contributed by atoms with van der Waals surface area (Å²) in [5.41, 5.74) is -1.25. The van der Waals surface area contributed by atoms with Crippen molar-refractivity contribution in [2.24, 2.45) is 30.2 Å². The van der Waals surface area contributed by atoms with E-state index < -0.39 is 157 Å². The predicted molar refractivity (Wildman–Crippen MR) is 267 cm³/mol. The highest BCUT2D eigenvalue weighted by molar-refractivity contribution is 5.99. The van der Waals surface area contributed by atoms with E-state index >= 15 is 0 Å². The van der Waals surface area contributed by atoms with Gasteiger partial charge in [0.15, 0.2) is 5.78 Å². The number of carbonyl (C=O) groups is 10. The van der Waals surface area contributed by atoms with E-state index in [9.17, 15) is 58.2 Å². The molecule has 4 amide bonds. The minimum absolute atomic E-state index is 0.00461. The second kappa shape index (κ2) is 25.7. The molecule has 2 aromatic rings. The van der Waals surface area contributed by atoms with Gasteiger partial charge in [-0.2, -0.15) is 0 Å². The Morgan fingerprint density at radius 2 is 1.26 bits per heavy atom. The molecule has 1 aromatic carbocycles. The Morgan fingerprint density at radius 1 is 0.736 bits per heavy atom. The van der Waals surface area contributed by atoms with Crippen LogP contribution in [0.4, 0.5) is 4.79 Å². The molecule has 1 heterocycles. The van der Waals surface area contributed by atoms with Crippen LogP contribution in [0.25, 0.3) is 10.9 Å². The van der Waals surface area contributed by atoms with Crippen molar-refractivity contribution in [2.75, 3.05) is 14.1 Å². The summed E-state index contributed by atoms with van der Waals surface area (Å²) in [5.74, 6) is -12.1. The van der Waals surface area contributed by atoms with E-state index in [1.807, 2.05) is 55.9 Å². The van der Waals surface area contributed by atoms with Gasteiger partial charge in [-0.05, 0) is 69.9 Å². The lowest BCUT2D eigenvalue weighted by molar-refractivity contribution is -0.146. The number of likely N-dealkylation sites (N-methyl/N-ethyl adjacent to an activating group) is 2. The van der Waals surface area contributed by atoms with Crippen LogP contribution in [-0.2, 0) is 60.4 Å². The van der Waals surface area contributed by atoms with Crippen LogP contribution in [-0.4, -0.2) is 138 Å². The molecule has 0 saturated carbocycles. The number of benzene rings is 1. The molecule has 1 aromatic heterocycles. The normalized spacial score (nSPS) is 14.8. The van der Waals surface area contributed by atoms with Gasteiger partial charge in [-0.3, -0.25) is 48.1 Å². The maximum Gasteiger partial charge on any atom is 0.410 e. The van der Waals surface area contributed by atoms with Crippen LogP contribution in [0.1, 0.15) is 133 Å². The first kappa shape index (κ1) is 61.5. The standard InChI is InChI=1S/C52H77N5O15/c1-29(2)38(25-30(3)44(64)53-36(39(59)27-32(48(69)70)20-24-41(62)63)22-21-33(58)26-31(47(67)68)19-23-40(60)61)56(13)46(66)42(50(4,5)6)54-45(65)43(57(14)49(71)72-51(7,8)9)52(10,11)35-28-55(12)37-18-16-15-17-34(35)37/h15-18,25,28-29,31-32,36,38,42-43H,19-24,26-27H2,1-14H3,(H,53,64)(H,54,65)(H,60,61)(H,62,63)(H,67,68)(H,69,70)/b30-25+/t31-,32-,36+,38-,42-,43-/m1/s1. The summed E-state index contributed by atoms with van der Waals surface area (Å²) in [5, 5.41) is 44.0. The molecule has 0 fully saturated rings. The van der Waals surface area contributed by atoms with E-state index in [4.69, 9.17) is 14.9 Å². The van der Waals surface area contributed by atoms with Crippen molar-refractivity contribution in [3.63, 3.8) is 0 Å². The molecule has 0 radical (unpaired) electrons. The highest BCUT2D eigenvalue weighted by Gasteiger charge is 2.47. The number of aliphatic carboxylic acids is 4. The number of rotatable bonds is 27. The third kappa shape index (κ3) is 17.6. The maximum atomic E-state index is 15.0. The minimum Gasteiger partial charge on any atom is -0.481 e. The van der Waals surface area contributed by atoms with Crippen molar-refractivity contribution < 1.29 is 73.1 Å². The second-order valence-electron chi connectivity index (χ2n) is 21.6. The number of ketones is 2. The Morgan fingerprint density at radius 3 is 1.75 bits per heavy atom. The summed E-state index contributed by atoms with van der Waals surface area (Å²) in [4.78, 5) is 133. The smallest absolute Gasteiger partial charge is 0.410 e. The molecule has 400 valence electrons. The quantitative estimate of drug-likeness (QED) is 0.0562. The summed E-state index contributed by atoms with van der Waals surface area (Å²) in [6, 6.07) is 2.90. The Labute approximate surface area is 421 Å². The number of nitrogens with zero attached hydrogens (tertiary/aromatic N) is 3. The number of ether oxygens (including phenoxy) is 1. The molecule has 0 aliphatic carbocycles. The van der Waals surface area contributed by atoms with E-state index in [2.05, 4.69) is 10.6 Å². The van der Waals surface area contributed by atoms with Crippen LogP contribution in [0.2, 0.25) is 0 Å². The molecule has 0 aliphatic rings. The number of hydrogen-bond donors (Lipinski definition) is 6. The topological polar surface area (TPSA) is 296 Å². The fraction of sp³-hybridized carbons (Fsp3) is 0.615. The molecule has 0 aliphatic heterocycles. The van der Waals surface area contributed by atoms with E-state index in [1.54, 1.807) is 55.4 Å². The molecule has 6 atom stereocenters. The summed E-state index contributed by atoms with van der Waals surface area (Å²) in [6.07, 6.45) is -1.32. The van der Waals surface area contributed by atoms with E-state index in [0.29, 0.717) is 0 Å². The molecule has 0 bridgehead atoms. The average Bonchev–Trinajstić information content (AvgIpc) is 3.60. The van der Waals surface area contributed by atoms with Crippen molar-refractivity contribution in [1.29, 1.82) is 0 Å². The van der Waals surface area contributed by atoms with Gasteiger partial charge in [-0.25, -0.2) is 4.79 Å². The fourth-order valence-electron chi connectivity index (χ4n) is 8.61. The zero-order valence-electron chi connectivity index (χ0n) is 44.3. The lowest BCUT2D eigenvalue weighted by atomic mass is 9.76. The van der Waals surface area contributed by atoms with Crippen molar-refractivity contribution in [1.82, 2.24) is 25.0 Å². The van der Waals surface area contributed by atoms with Crippen LogP contribution in [0.3, 0.4) is 0 Å².